The van der Waals surface area contributed by atoms with Crippen molar-refractivity contribution in [3.05, 3.63) is 24.3 Å². The van der Waals surface area contributed by atoms with Crippen molar-refractivity contribution < 1.29 is 19.2 Å². The van der Waals surface area contributed by atoms with Gasteiger partial charge >= 0.3 is 17.8 Å². The van der Waals surface area contributed by atoms with E-state index in [4.69, 9.17) is 0 Å². The lowest BCUT2D eigenvalue weighted by molar-refractivity contribution is -0.144. The summed E-state index contributed by atoms with van der Waals surface area (Å²) in [5, 5.41) is 0.355. The molecule has 2 fully saturated rings. The van der Waals surface area contributed by atoms with Crippen molar-refractivity contribution in [3.63, 3.8) is 0 Å². The molecule has 0 unspecified atom stereocenters. The van der Waals surface area contributed by atoms with Gasteiger partial charge in [-0.3, -0.25) is 19.3 Å². The molecule has 4 rings (SSSR count). The Bertz CT molecular complexity index is 836. The van der Waals surface area contributed by atoms with Crippen LogP contribution in [0.15, 0.2) is 29.2 Å². The minimum Gasteiger partial charge on any atom is -0.310 e. The molecule has 28 heavy (non-hydrogen) atoms. The number of nitrogens with zero attached hydrogens (tertiary/aromatic N) is 3. The molecule has 0 N–H and O–H groups in total. The van der Waals surface area contributed by atoms with Crippen LogP contribution in [0.5, 0.6) is 0 Å². The largest absolute Gasteiger partial charge is 0.334 e. The third-order valence-electron chi connectivity index (χ3n) is 5.61. The second kappa shape index (κ2) is 7.58. The van der Waals surface area contributed by atoms with E-state index in [9.17, 15) is 19.2 Å². The molecule has 0 spiro atoms. The van der Waals surface area contributed by atoms with Gasteiger partial charge in [-0.2, -0.15) is 0 Å². The summed E-state index contributed by atoms with van der Waals surface area (Å²) in [7, 11) is 0. The van der Waals surface area contributed by atoms with Gasteiger partial charge < -0.3 is 4.90 Å². The zero-order valence-electron chi connectivity index (χ0n) is 15.8. The Morgan fingerprint density at radius 3 is 2.54 bits per heavy atom. The second-order valence-corrected chi connectivity index (χ2v) is 9.00. The van der Waals surface area contributed by atoms with Crippen molar-refractivity contribution in [3.8, 4) is 0 Å². The highest BCUT2D eigenvalue weighted by Gasteiger charge is 2.49. The van der Waals surface area contributed by atoms with E-state index in [1.54, 1.807) is 16.7 Å². The van der Waals surface area contributed by atoms with E-state index in [1.165, 1.54) is 0 Å². The molecule has 7 nitrogen and oxygen atoms in total. The number of hydrogen-bond donors (Lipinski definition) is 0. The number of hydrogen-bond acceptors (Lipinski definition) is 5. The Labute approximate surface area is 168 Å². The first kappa shape index (κ1) is 19.0. The first-order chi connectivity index (χ1) is 13.5. The fraction of sp³-hybridized carbons (Fsp3) is 0.500. The van der Waals surface area contributed by atoms with E-state index in [0.29, 0.717) is 11.8 Å². The van der Waals surface area contributed by atoms with Gasteiger partial charge in [-0.15, -0.1) is 11.8 Å². The Morgan fingerprint density at radius 1 is 1.07 bits per heavy atom. The van der Waals surface area contributed by atoms with Crippen LogP contribution in [-0.2, 0) is 14.4 Å². The molecule has 0 aromatic heterocycles. The van der Waals surface area contributed by atoms with Crippen LogP contribution in [0.25, 0.3) is 0 Å². The number of fused-ring (bicyclic) bond motifs is 1. The van der Waals surface area contributed by atoms with Gasteiger partial charge in [0.25, 0.3) is 0 Å². The molecule has 148 valence electrons. The van der Waals surface area contributed by atoms with Crippen LogP contribution >= 0.6 is 11.8 Å². The summed E-state index contributed by atoms with van der Waals surface area (Å²) >= 11 is 1.71. The number of amides is 5. The summed E-state index contributed by atoms with van der Waals surface area (Å²) in [4.78, 5) is 55.1. The quantitative estimate of drug-likeness (QED) is 0.575. The standard InChI is InChI=1S/C20H23N3O4S/c1-13-10-11-21(15-8-4-5-9-16(15)28-13)17(24)12-22-18(25)19(26)23(20(22)27)14-6-2-3-7-14/h4-5,8-9,13-14H,2-3,6-7,10-12H2,1H3/t13-/m1/s1. The van der Waals surface area contributed by atoms with Crippen LogP contribution in [0, 0.1) is 0 Å². The zero-order valence-corrected chi connectivity index (χ0v) is 16.6. The lowest BCUT2D eigenvalue weighted by Gasteiger charge is -2.25. The first-order valence-corrected chi connectivity index (χ1v) is 10.6. The third-order valence-corrected chi connectivity index (χ3v) is 6.85. The van der Waals surface area contributed by atoms with E-state index >= 15 is 0 Å². The van der Waals surface area contributed by atoms with Gasteiger partial charge in [0.2, 0.25) is 5.91 Å². The molecule has 2 heterocycles. The Morgan fingerprint density at radius 2 is 1.79 bits per heavy atom. The average Bonchev–Trinajstić information content (AvgIpc) is 3.21. The van der Waals surface area contributed by atoms with Crippen molar-refractivity contribution in [1.82, 2.24) is 9.80 Å². The zero-order chi connectivity index (χ0) is 19.8. The summed E-state index contributed by atoms with van der Waals surface area (Å²) < 4.78 is 0. The molecule has 5 amide bonds. The van der Waals surface area contributed by atoms with Crippen molar-refractivity contribution in [1.29, 1.82) is 0 Å². The van der Waals surface area contributed by atoms with Crippen LogP contribution < -0.4 is 4.90 Å². The molecule has 1 aromatic rings. The van der Waals surface area contributed by atoms with Crippen molar-refractivity contribution in [2.75, 3.05) is 18.0 Å². The number of carbonyl (C=O) groups excluding carboxylic acids is 4. The van der Waals surface area contributed by atoms with Gasteiger partial charge in [-0.1, -0.05) is 31.9 Å². The lowest BCUT2D eigenvalue weighted by Crippen LogP contribution is -2.45. The van der Waals surface area contributed by atoms with Crippen molar-refractivity contribution in [2.24, 2.45) is 0 Å². The van der Waals surface area contributed by atoms with Gasteiger partial charge in [-0.25, -0.2) is 9.69 Å². The number of anilines is 1. The van der Waals surface area contributed by atoms with Gasteiger partial charge in [0.1, 0.15) is 6.54 Å². The van der Waals surface area contributed by atoms with Gasteiger partial charge in [0.05, 0.1) is 5.69 Å². The summed E-state index contributed by atoms with van der Waals surface area (Å²) in [5.74, 6) is -2.04. The SMILES string of the molecule is C[C@@H]1CCN(C(=O)CN2C(=O)C(=O)N(C3CCCC3)C2=O)c2ccccc2S1. The second-order valence-electron chi connectivity index (χ2n) is 7.52. The molecule has 1 aliphatic carbocycles. The van der Waals surface area contributed by atoms with E-state index in [1.807, 2.05) is 24.3 Å². The van der Waals surface area contributed by atoms with E-state index in [2.05, 4.69) is 6.92 Å². The predicted octanol–water partition coefficient (Wildman–Crippen LogP) is 2.64. The molecule has 2 aliphatic heterocycles. The van der Waals surface area contributed by atoms with Crippen LogP contribution in [0.1, 0.15) is 39.0 Å². The molecule has 3 aliphatic rings. The highest BCUT2D eigenvalue weighted by atomic mass is 32.2. The van der Waals surface area contributed by atoms with Crippen LogP contribution in [0.3, 0.4) is 0 Å². The average molecular weight is 401 g/mol. The fourth-order valence-electron chi connectivity index (χ4n) is 4.11. The third kappa shape index (κ3) is 3.30. The smallest absolute Gasteiger partial charge is 0.310 e. The summed E-state index contributed by atoms with van der Waals surface area (Å²) in [6, 6.07) is 6.77. The van der Waals surface area contributed by atoms with E-state index < -0.39 is 24.4 Å². The molecule has 1 aromatic carbocycles. The summed E-state index contributed by atoms with van der Waals surface area (Å²) in [6.07, 6.45) is 4.13. The molecule has 0 radical (unpaired) electrons. The first-order valence-electron chi connectivity index (χ1n) is 9.72. The molecule has 1 atom stereocenters. The molecule has 1 saturated carbocycles. The number of urea groups is 1. The maximum Gasteiger partial charge on any atom is 0.334 e. The Hall–Kier alpha value is -2.35. The maximum atomic E-state index is 13.0. The highest BCUT2D eigenvalue weighted by Crippen LogP contribution is 2.37. The lowest BCUT2D eigenvalue weighted by atomic mass is 10.2. The van der Waals surface area contributed by atoms with E-state index in [-0.39, 0.29) is 11.9 Å². The summed E-state index contributed by atoms with van der Waals surface area (Å²) in [5.41, 5.74) is 0.792. The van der Waals surface area contributed by atoms with Crippen molar-refractivity contribution >= 4 is 41.2 Å². The van der Waals surface area contributed by atoms with Crippen LogP contribution in [-0.4, -0.2) is 57.9 Å². The van der Waals surface area contributed by atoms with Gasteiger partial charge in [-0.05, 0) is 31.4 Å². The minimum absolute atomic E-state index is 0.222. The summed E-state index contributed by atoms with van der Waals surface area (Å²) in [6.45, 7) is 2.22. The number of rotatable bonds is 3. The number of carbonyl (C=O) groups is 4. The van der Waals surface area contributed by atoms with Gasteiger partial charge in [0.15, 0.2) is 0 Å². The number of thioether (sulfide) groups is 1. The molecular formula is C20H23N3O4S. The maximum absolute atomic E-state index is 13.0. The predicted molar refractivity (Wildman–Crippen MR) is 105 cm³/mol. The van der Waals surface area contributed by atoms with Crippen LogP contribution in [0.4, 0.5) is 10.5 Å². The topological polar surface area (TPSA) is 78.0 Å². The number of para-hydroxylation sites is 1. The molecular weight excluding hydrogens is 378 g/mol. The van der Waals surface area contributed by atoms with E-state index in [0.717, 1.165) is 52.5 Å². The van der Waals surface area contributed by atoms with Crippen molar-refractivity contribution in [2.45, 2.75) is 55.2 Å². The Kier molecular flexibility index (Phi) is 5.14. The molecule has 8 heteroatoms. The monoisotopic (exact) mass is 401 g/mol. The fourth-order valence-corrected chi connectivity index (χ4v) is 5.23. The number of benzene rings is 1. The van der Waals surface area contributed by atoms with Gasteiger partial charge in [0, 0.05) is 22.7 Å². The highest BCUT2D eigenvalue weighted by molar-refractivity contribution is 8.00. The van der Waals surface area contributed by atoms with Crippen LogP contribution in [0.2, 0.25) is 0 Å². The molecule has 0 bridgehead atoms. The minimum atomic E-state index is -0.892. The molecule has 1 saturated heterocycles. The number of imide groups is 2. The normalized spacial score (nSPS) is 23.4. The Balaban J connectivity index is 1.54.